The Labute approximate surface area is 486 Å². The van der Waals surface area contributed by atoms with Gasteiger partial charge in [-0.1, -0.05) is 135 Å². The maximum absolute atomic E-state index is 7.02. The Bertz CT molecular complexity index is 3960. The van der Waals surface area contributed by atoms with Crippen LogP contribution in [-0.2, 0) is 42.7 Å². The molecule has 2 aromatic heterocycles. The first-order chi connectivity index (χ1) is 36.9. The third kappa shape index (κ3) is 9.67. The van der Waals surface area contributed by atoms with Crippen LogP contribution in [0.25, 0.3) is 61.0 Å². The monoisotopic (exact) mass is 1280 g/mol. The molecule has 0 amide bonds. The van der Waals surface area contributed by atoms with Gasteiger partial charge in [-0.2, -0.15) is 0 Å². The summed E-state index contributed by atoms with van der Waals surface area (Å²) in [4.78, 5) is 9.69. The number of aromatic nitrogens is 2. The van der Waals surface area contributed by atoms with E-state index in [9.17, 15) is 0 Å². The molecule has 0 unspecified atom stereocenters. The van der Waals surface area contributed by atoms with Gasteiger partial charge >= 0.3 is 266 Å². The molecule has 7 heteroatoms. The fourth-order valence-corrected chi connectivity index (χ4v) is 18.0. The Morgan fingerprint density at radius 1 is 0.468 bits per heavy atom. The molecule has 0 aliphatic carbocycles. The number of hydrogen-bond acceptors (Lipinski definition) is 4. The third-order valence-corrected chi connectivity index (χ3v) is 23.7. The molecule has 4 heterocycles. The minimum Gasteiger partial charge on any atom is -0.0561 e. The summed E-state index contributed by atoms with van der Waals surface area (Å²) in [6, 6.07) is 68.1. The van der Waals surface area contributed by atoms with Gasteiger partial charge < -0.3 is 0 Å². The summed E-state index contributed by atoms with van der Waals surface area (Å²) in [5, 5.41) is 2.64. The van der Waals surface area contributed by atoms with Crippen LogP contribution in [-0.4, -0.2) is 22.8 Å². The Morgan fingerprint density at radius 2 is 1.04 bits per heavy atom. The summed E-state index contributed by atoms with van der Waals surface area (Å²) in [5.41, 5.74) is 18.3. The zero-order valence-electron chi connectivity index (χ0n) is 48.3. The molecule has 2 aliphatic heterocycles. The number of ether oxygens (including phenoxy) is 1. The maximum Gasteiger partial charge on any atom is 0 e. The molecule has 0 radical (unpaired) electrons. The van der Waals surface area contributed by atoms with Gasteiger partial charge in [0.2, 0.25) is 0 Å². The number of anilines is 4. The number of rotatable bonds is 8. The first kappa shape index (κ1) is 54.3. The van der Waals surface area contributed by atoms with E-state index in [4.69, 9.17) is 9.72 Å². The van der Waals surface area contributed by atoms with Gasteiger partial charge in [-0.15, -0.1) is 0 Å². The van der Waals surface area contributed by atoms with Gasteiger partial charge in [0.05, 0.1) is 0 Å². The number of fused-ring (bicyclic) bond motifs is 1. The average molecular weight is 1280 g/mol. The van der Waals surface area contributed by atoms with Gasteiger partial charge in [0.25, 0.3) is 0 Å². The minimum atomic E-state index is -2.75. The van der Waals surface area contributed by atoms with Crippen LogP contribution in [0.5, 0.6) is 11.5 Å². The smallest absolute Gasteiger partial charge is 0 e. The van der Waals surface area contributed by atoms with Crippen LogP contribution in [0.15, 0.2) is 170 Å². The zero-order chi connectivity index (χ0) is 54.8. The van der Waals surface area contributed by atoms with Crippen molar-refractivity contribution in [1.29, 1.82) is 0 Å². The van der Waals surface area contributed by atoms with Crippen molar-refractivity contribution in [2.45, 2.75) is 116 Å². The van der Waals surface area contributed by atoms with Crippen molar-refractivity contribution >= 4 is 66.6 Å². The van der Waals surface area contributed by atoms with Gasteiger partial charge in [0.1, 0.15) is 0 Å². The molecule has 402 valence electrons. The van der Waals surface area contributed by atoms with Crippen LogP contribution in [0.4, 0.5) is 22.7 Å². The van der Waals surface area contributed by atoms with E-state index < -0.39 is 13.3 Å². The summed E-state index contributed by atoms with van der Waals surface area (Å²) < 4.78 is 12.2. The van der Waals surface area contributed by atoms with Crippen LogP contribution in [0.2, 0.25) is 11.5 Å². The quantitative estimate of drug-likeness (QED) is 0.112. The number of pyridine rings is 1. The van der Waals surface area contributed by atoms with E-state index in [1.807, 2.05) is 12.3 Å². The van der Waals surface area contributed by atoms with E-state index in [0.29, 0.717) is 11.5 Å². The third-order valence-electron chi connectivity index (χ3n) is 16.3. The van der Waals surface area contributed by atoms with Gasteiger partial charge in [-0.05, 0) is 67.3 Å². The van der Waals surface area contributed by atoms with Crippen molar-refractivity contribution in [3.63, 3.8) is 0 Å². The molecule has 0 fully saturated rings. The summed E-state index contributed by atoms with van der Waals surface area (Å²) in [6.07, 6.45) is 1.94. The first-order valence-corrected chi connectivity index (χ1v) is 34.0. The predicted octanol–water partition coefficient (Wildman–Crippen LogP) is 18.3. The molecule has 79 heavy (non-hydrogen) atoms. The van der Waals surface area contributed by atoms with Crippen LogP contribution >= 0.6 is 0 Å². The average Bonchev–Trinajstić information content (AvgIpc) is 3.14. The van der Waals surface area contributed by atoms with Crippen molar-refractivity contribution in [2.24, 2.45) is 0 Å². The molecule has 8 aromatic carbocycles. The standard InChI is InChI=1S/C72H71GeN4O.Pt/c1-69(2,3)50-34-35-74-65(41-50)77-63-29-21-26-59-66(63)67-60(73(59,13)14)43-56(44-64(67)77)78-55-25-20-24-54(42-55)75-45-76(62-28-19-18-27-61(62)75)68-57(48-32-30-47(31-33-48)46-22-16-15-17-23-46)39-53(72(10,11)12)40-58(68)49-36-51(70(4,5)6)38-52(37-49)71(7,8)9;/h15-41,43,45H,1-14H3;/q-3;. The van der Waals surface area contributed by atoms with Crippen LogP contribution in [0.1, 0.15) is 105 Å². The van der Waals surface area contributed by atoms with Crippen LogP contribution < -0.4 is 23.3 Å². The van der Waals surface area contributed by atoms with E-state index in [0.717, 1.165) is 39.6 Å². The Hall–Kier alpha value is -6.66. The minimum absolute atomic E-state index is 0. The molecule has 0 N–H and O–H groups in total. The largest absolute Gasteiger partial charge is 0.0561 e. The summed E-state index contributed by atoms with van der Waals surface area (Å²) in [5.74, 6) is 7.22. The normalized spacial score (nSPS) is 14.1. The second-order valence-corrected chi connectivity index (χ2v) is 35.4. The second kappa shape index (κ2) is 19.6. The first-order valence-electron chi connectivity index (χ1n) is 27.7. The number of hydrogen-bond donors (Lipinski definition) is 0. The molecule has 0 atom stereocenters. The molecule has 5 nitrogen and oxygen atoms in total. The van der Waals surface area contributed by atoms with Crippen LogP contribution in [0.3, 0.4) is 0 Å². The van der Waals surface area contributed by atoms with Crippen molar-refractivity contribution in [3.8, 4) is 50.7 Å². The van der Waals surface area contributed by atoms with Gasteiger partial charge in [0.15, 0.2) is 0 Å². The van der Waals surface area contributed by atoms with E-state index in [1.165, 1.54) is 75.2 Å². The Balaban J connectivity index is 0.00000660. The molecule has 0 spiro atoms. The Kier molecular flexibility index (Phi) is 13.4. The van der Waals surface area contributed by atoms with Crippen molar-refractivity contribution in [1.82, 2.24) is 9.55 Å². The maximum atomic E-state index is 7.02. The van der Waals surface area contributed by atoms with E-state index in [-0.39, 0.29) is 42.7 Å². The van der Waals surface area contributed by atoms with E-state index in [1.54, 1.807) is 0 Å². The van der Waals surface area contributed by atoms with Gasteiger partial charge in [0, 0.05) is 21.1 Å². The fraction of sp³-hybridized carbons (Fsp3) is 0.250. The van der Waals surface area contributed by atoms with E-state index in [2.05, 4.69) is 285 Å². The molecule has 10 aromatic rings. The molecule has 2 aliphatic rings. The van der Waals surface area contributed by atoms with Crippen molar-refractivity contribution in [2.75, 3.05) is 9.80 Å². The summed E-state index contributed by atoms with van der Waals surface area (Å²) in [7, 11) is 0. The van der Waals surface area contributed by atoms with Crippen molar-refractivity contribution in [3.05, 3.63) is 211 Å². The second-order valence-electron chi connectivity index (χ2n) is 26.3. The van der Waals surface area contributed by atoms with Gasteiger partial charge in [-0.3, -0.25) is 0 Å². The van der Waals surface area contributed by atoms with Gasteiger partial charge in [-0.25, -0.2) is 0 Å². The van der Waals surface area contributed by atoms with Crippen molar-refractivity contribution < 1.29 is 25.8 Å². The predicted molar refractivity (Wildman–Crippen MR) is 332 cm³/mol. The number of nitrogens with zero attached hydrogens (tertiary/aromatic N) is 4. The topological polar surface area (TPSA) is 33.5 Å². The summed E-state index contributed by atoms with van der Waals surface area (Å²) in [6.45, 7) is 30.0. The fourth-order valence-electron chi connectivity index (χ4n) is 11.7. The molecular weight excluding hydrogens is 1200 g/mol. The molecule has 0 saturated heterocycles. The SMILES string of the molecule is CC(C)(C)c1cc(-c2cc(C(C)(C)C)cc(-c3ccc(-c4ccccc4)cc3)c2N2[CH-]N(c3[c-]c(Oc4[c-]c5c6[c](c4)[Ge]([CH3])([CH3])[c]4cccc(c46)n5-c4cc(C(C)(C)C)ccn4)ccc3)c3ccccc32)cc(C(C)(C)C)c1.[Pt]. The Morgan fingerprint density at radius 3 is 1.68 bits per heavy atom. The van der Waals surface area contributed by atoms with E-state index >= 15 is 0 Å². The number of para-hydroxylation sites is 2. The molecule has 0 bridgehead atoms. The zero-order valence-corrected chi connectivity index (χ0v) is 52.6. The molecule has 0 saturated carbocycles. The molecule has 12 rings (SSSR count). The van der Waals surface area contributed by atoms with Crippen LogP contribution in [0, 0.1) is 18.8 Å². The summed E-state index contributed by atoms with van der Waals surface area (Å²) >= 11 is -2.75. The number of benzene rings is 8. The molecular formula is C72H71GeN4OPt-3.